The van der Waals surface area contributed by atoms with Gasteiger partial charge in [-0.2, -0.15) is 23.4 Å². The summed E-state index contributed by atoms with van der Waals surface area (Å²) in [5, 5.41) is 14.3. The molecule has 0 amide bonds. The maximum absolute atomic E-state index is 11.8. The molecule has 0 saturated carbocycles. The van der Waals surface area contributed by atoms with Gasteiger partial charge in [0.25, 0.3) is 10.1 Å². The Morgan fingerprint density at radius 1 is 1.16 bits per heavy atom. The number of rotatable bonds is 6. The molecule has 2 N–H and O–H groups in total. The van der Waals surface area contributed by atoms with E-state index in [1.807, 2.05) is 6.07 Å². The molecule has 0 saturated heterocycles. The molecule has 0 aliphatic rings. The Balaban J connectivity index is 0.00000341. The minimum atomic E-state index is -4.61. The van der Waals surface area contributed by atoms with E-state index in [2.05, 4.69) is 47.8 Å². The molecule has 154 valence electrons. The molecule has 0 radical (unpaired) electrons. The number of nitrogens with one attached hydrogen (secondary N) is 1. The molecule has 0 bridgehead atoms. The van der Waals surface area contributed by atoms with Crippen LogP contribution in [0.25, 0.3) is 11.4 Å². The number of halogens is 2. The van der Waals surface area contributed by atoms with Crippen molar-refractivity contribution in [2.45, 2.75) is 4.90 Å². The van der Waals surface area contributed by atoms with E-state index in [0.29, 0.717) is 5.56 Å². The van der Waals surface area contributed by atoms with Gasteiger partial charge >= 0.3 is 29.6 Å². The van der Waals surface area contributed by atoms with Crippen molar-refractivity contribution >= 4 is 60.9 Å². The molecular weight excluding hydrogens is 521 g/mol. The maximum Gasteiger partial charge on any atom is 1.00 e. The van der Waals surface area contributed by atoms with Crippen LogP contribution in [0.3, 0.4) is 0 Å². The molecule has 1 heterocycles. The van der Waals surface area contributed by atoms with Crippen LogP contribution in [0.4, 0.5) is 17.3 Å². The van der Waals surface area contributed by atoms with Crippen LogP contribution in [-0.2, 0) is 10.1 Å². The van der Waals surface area contributed by atoms with Crippen LogP contribution in [0.5, 0.6) is 0 Å². The van der Waals surface area contributed by atoms with Gasteiger partial charge in [-0.3, -0.25) is 9.55 Å². The third kappa shape index (κ3) is 6.81. The summed E-state index contributed by atoms with van der Waals surface area (Å²) in [7, 11) is -4.61. The summed E-state index contributed by atoms with van der Waals surface area (Å²) >= 11 is 8.91. The average molecular weight is 533 g/mol. The predicted octanol–water partition coefficient (Wildman–Crippen LogP) is 0.485. The van der Waals surface area contributed by atoms with Crippen LogP contribution < -0.4 is 40.0 Å². The molecule has 31 heavy (non-hydrogen) atoms. The number of nitrogens with zero attached hydrogens (tertiary/aromatic N) is 4. The Bertz CT molecular complexity index is 1260. The van der Waals surface area contributed by atoms with E-state index in [9.17, 15) is 18.1 Å². The summed E-state index contributed by atoms with van der Waals surface area (Å²) in [4.78, 5) is 15.5. The average Bonchev–Trinajstić information content (AvgIpc) is 2.67. The summed E-state index contributed by atoms with van der Waals surface area (Å²) < 4.78 is 33.1. The van der Waals surface area contributed by atoms with E-state index in [0.717, 1.165) is 6.07 Å². The first-order valence-electron chi connectivity index (χ1n) is 8.09. The van der Waals surface area contributed by atoms with Crippen LogP contribution in [-0.4, -0.2) is 33.8 Å². The van der Waals surface area contributed by atoms with Gasteiger partial charge in [-0.15, -0.1) is 0 Å². The number of benzene rings is 2. The second kappa shape index (κ2) is 10.6. The van der Waals surface area contributed by atoms with E-state index in [-0.39, 0.29) is 62.5 Å². The largest absolute Gasteiger partial charge is 1.00 e. The standard InChI is InChI=1S/C18H13BrClN5O4S.Na/c1-10(19)16(26)21-12-7-8-14(30(27,28)29)13(9-12)22-18-24-15(23-17(20)25-18)11-5-3-2-4-6-11;/h2-9H,1H2,(H,21,26)(H,27,28,29)(H,22,23,24,25);/q;+1/p-1. The molecule has 0 aliphatic heterocycles. The Labute approximate surface area is 213 Å². The second-order valence-corrected chi connectivity index (χ2v) is 8.41. The number of hydrogen-bond donors (Lipinski definition) is 2. The Hall–Kier alpha value is -1.86. The SMILES string of the molecule is C=C(Br)C([O-])=Nc1ccc(S(=O)(=O)O)c(Nc2nc(Cl)nc(-c3ccccc3)n2)c1.[Na+]. The molecule has 0 aliphatic carbocycles. The third-order valence-electron chi connectivity index (χ3n) is 3.59. The zero-order valence-electron chi connectivity index (χ0n) is 16.0. The van der Waals surface area contributed by atoms with Crippen molar-refractivity contribution in [2.24, 2.45) is 4.99 Å². The number of aromatic nitrogens is 3. The second-order valence-electron chi connectivity index (χ2n) is 5.72. The van der Waals surface area contributed by atoms with Crippen LogP contribution in [0.15, 0.2) is 69.5 Å². The van der Waals surface area contributed by atoms with Crippen molar-refractivity contribution in [3.8, 4) is 11.4 Å². The van der Waals surface area contributed by atoms with E-state index in [4.69, 9.17) is 11.6 Å². The van der Waals surface area contributed by atoms with Crippen LogP contribution >= 0.6 is 27.5 Å². The summed E-state index contributed by atoms with van der Waals surface area (Å²) in [6.45, 7) is 3.43. The van der Waals surface area contributed by atoms with Crippen LogP contribution in [0.1, 0.15) is 0 Å². The van der Waals surface area contributed by atoms with Gasteiger partial charge < -0.3 is 10.4 Å². The Kier molecular flexibility index (Phi) is 8.72. The van der Waals surface area contributed by atoms with Gasteiger partial charge in [-0.25, -0.2) is 0 Å². The normalized spacial score (nSPS) is 11.5. The minimum absolute atomic E-state index is 0. The summed E-state index contributed by atoms with van der Waals surface area (Å²) in [5.41, 5.74) is 0.650. The molecule has 0 atom stereocenters. The fourth-order valence-corrected chi connectivity index (χ4v) is 3.21. The zero-order valence-corrected chi connectivity index (χ0v) is 21.1. The van der Waals surface area contributed by atoms with Gasteiger partial charge in [0.1, 0.15) is 4.90 Å². The molecular formula is C18H12BrClN5NaO4S. The first kappa shape index (κ1) is 25.4. The molecule has 2 aromatic carbocycles. The van der Waals surface area contributed by atoms with Crippen LogP contribution in [0, 0.1) is 0 Å². The maximum atomic E-state index is 11.8. The molecule has 1 aromatic heterocycles. The van der Waals surface area contributed by atoms with E-state index < -0.39 is 20.9 Å². The molecule has 0 unspecified atom stereocenters. The van der Waals surface area contributed by atoms with Crippen molar-refractivity contribution in [1.29, 1.82) is 0 Å². The summed E-state index contributed by atoms with van der Waals surface area (Å²) in [6, 6.07) is 12.5. The van der Waals surface area contributed by atoms with Crippen molar-refractivity contribution in [3.63, 3.8) is 0 Å². The topological polar surface area (TPSA) is 140 Å². The van der Waals surface area contributed by atoms with Gasteiger partial charge in [0.2, 0.25) is 11.2 Å². The van der Waals surface area contributed by atoms with E-state index in [1.165, 1.54) is 12.1 Å². The monoisotopic (exact) mass is 531 g/mol. The number of anilines is 2. The first-order valence-corrected chi connectivity index (χ1v) is 10.7. The van der Waals surface area contributed by atoms with Crippen molar-refractivity contribution in [1.82, 2.24) is 15.0 Å². The number of aliphatic imine (C=N–C) groups is 1. The molecule has 3 aromatic rings. The zero-order chi connectivity index (χ0) is 21.9. The molecule has 0 spiro atoms. The third-order valence-corrected chi connectivity index (χ3v) is 5.01. The summed E-state index contributed by atoms with van der Waals surface area (Å²) in [6.07, 6.45) is 0. The molecule has 9 nitrogen and oxygen atoms in total. The van der Waals surface area contributed by atoms with Gasteiger partial charge in [-0.1, -0.05) is 52.8 Å². The number of hydrogen-bond acceptors (Lipinski definition) is 8. The van der Waals surface area contributed by atoms with Crippen LogP contribution in [0.2, 0.25) is 5.28 Å². The minimum Gasteiger partial charge on any atom is -0.858 e. The van der Waals surface area contributed by atoms with Gasteiger partial charge in [0.05, 0.1) is 11.4 Å². The smallest absolute Gasteiger partial charge is 0.858 e. The molecule has 0 fully saturated rings. The fraction of sp³-hybridized carbons (Fsp3) is 0. The van der Waals surface area contributed by atoms with E-state index >= 15 is 0 Å². The first-order chi connectivity index (χ1) is 14.1. The van der Waals surface area contributed by atoms with Crippen molar-refractivity contribution in [2.75, 3.05) is 5.32 Å². The quantitative estimate of drug-likeness (QED) is 0.202. The molecule has 13 heteroatoms. The van der Waals surface area contributed by atoms with Gasteiger partial charge in [-0.05, 0) is 29.8 Å². The summed E-state index contributed by atoms with van der Waals surface area (Å²) in [5.74, 6) is -0.486. The van der Waals surface area contributed by atoms with E-state index in [1.54, 1.807) is 24.3 Å². The predicted molar refractivity (Wildman–Crippen MR) is 115 cm³/mol. The van der Waals surface area contributed by atoms with Crippen molar-refractivity contribution < 1.29 is 47.6 Å². The molecule has 3 rings (SSSR count). The van der Waals surface area contributed by atoms with Crippen molar-refractivity contribution in [3.05, 3.63) is 64.9 Å². The Morgan fingerprint density at radius 2 is 1.84 bits per heavy atom. The fourth-order valence-electron chi connectivity index (χ4n) is 2.33. The van der Waals surface area contributed by atoms with Gasteiger partial charge in [0.15, 0.2) is 5.82 Å². The Morgan fingerprint density at radius 3 is 2.45 bits per heavy atom. The van der Waals surface area contributed by atoms with Gasteiger partial charge in [0, 0.05) is 15.9 Å².